The molecule has 1 aromatic rings. The Morgan fingerprint density at radius 1 is 1.39 bits per heavy atom. The molecule has 1 aromatic carbocycles. The summed E-state index contributed by atoms with van der Waals surface area (Å²) in [7, 11) is 0. The molecule has 1 heterocycles. The van der Waals surface area contributed by atoms with Crippen molar-refractivity contribution in [2.45, 2.75) is 19.3 Å². The normalized spacial score (nSPS) is 18.8. The van der Waals surface area contributed by atoms with Gasteiger partial charge in [-0.3, -0.25) is 4.79 Å². The zero-order valence-electron chi connectivity index (χ0n) is 10.4. The van der Waals surface area contributed by atoms with Crippen molar-refractivity contribution in [2.75, 3.05) is 19.6 Å². The number of nitrogens with one attached hydrogen (secondary N) is 2. The summed E-state index contributed by atoms with van der Waals surface area (Å²) in [5, 5.41) is 6.33. The van der Waals surface area contributed by atoms with Crippen LogP contribution in [0.4, 0.5) is 0 Å². The van der Waals surface area contributed by atoms with Gasteiger partial charge in [0.05, 0.1) is 6.42 Å². The largest absolute Gasteiger partial charge is 0.356 e. The highest BCUT2D eigenvalue weighted by atomic mass is 79.9. The quantitative estimate of drug-likeness (QED) is 0.874. The highest BCUT2D eigenvalue weighted by molar-refractivity contribution is 9.10. The van der Waals surface area contributed by atoms with Crippen molar-refractivity contribution in [3.05, 3.63) is 34.3 Å². The van der Waals surface area contributed by atoms with E-state index in [1.54, 1.807) is 0 Å². The van der Waals surface area contributed by atoms with Crippen LogP contribution in [0, 0.1) is 5.92 Å². The second kappa shape index (κ2) is 6.90. The molecule has 1 saturated heterocycles. The summed E-state index contributed by atoms with van der Waals surface area (Å²) in [4.78, 5) is 11.7. The van der Waals surface area contributed by atoms with Crippen LogP contribution in [0.5, 0.6) is 0 Å². The van der Waals surface area contributed by atoms with Gasteiger partial charge in [0, 0.05) is 11.0 Å². The summed E-state index contributed by atoms with van der Waals surface area (Å²) in [6, 6.07) is 7.88. The molecule has 1 atom stereocenters. The molecule has 1 amide bonds. The minimum Gasteiger partial charge on any atom is -0.356 e. The highest BCUT2D eigenvalue weighted by Crippen LogP contribution is 2.12. The fourth-order valence-corrected chi connectivity index (χ4v) is 2.49. The standard InChI is InChI=1S/C14H19BrN2O/c15-13-3-1-11(2-4-13)9-14(18)17-8-6-12-5-7-16-10-12/h1-4,12,16H,5-10H2,(H,17,18). The van der Waals surface area contributed by atoms with Gasteiger partial charge in [0.2, 0.25) is 5.91 Å². The Balaban J connectivity index is 1.66. The van der Waals surface area contributed by atoms with E-state index in [9.17, 15) is 4.79 Å². The van der Waals surface area contributed by atoms with Gasteiger partial charge in [-0.1, -0.05) is 28.1 Å². The van der Waals surface area contributed by atoms with E-state index in [1.165, 1.54) is 6.42 Å². The molecule has 3 nitrogen and oxygen atoms in total. The zero-order valence-corrected chi connectivity index (χ0v) is 12.0. The van der Waals surface area contributed by atoms with Gasteiger partial charge in [-0.25, -0.2) is 0 Å². The molecule has 0 aliphatic carbocycles. The van der Waals surface area contributed by atoms with Crippen LogP contribution in [-0.4, -0.2) is 25.5 Å². The van der Waals surface area contributed by atoms with Crippen LogP contribution in [0.1, 0.15) is 18.4 Å². The third-order valence-corrected chi connectivity index (χ3v) is 3.84. The van der Waals surface area contributed by atoms with E-state index >= 15 is 0 Å². The van der Waals surface area contributed by atoms with Gasteiger partial charge in [-0.2, -0.15) is 0 Å². The Morgan fingerprint density at radius 3 is 2.83 bits per heavy atom. The van der Waals surface area contributed by atoms with Gasteiger partial charge in [0.15, 0.2) is 0 Å². The third kappa shape index (κ3) is 4.42. The van der Waals surface area contributed by atoms with Crippen LogP contribution >= 0.6 is 15.9 Å². The molecule has 18 heavy (non-hydrogen) atoms. The van der Waals surface area contributed by atoms with Crippen LogP contribution in [0.25, 0.3) is 0 Å². The lowest BCUT2D eigenvalue weighted by Gasteiger charge is -2.09. The molecule has 0 radical (unpaired) electrons. The highest BCUT2D eigenvalue weighted by Gasteiger charge is 2.14. The molecule has 98 valence electrons. The summed E-state index contributed by atoms with van der Waals surface area (Å²) in [6.45, 7) is 3.02. The van der Waals surface area contributed by atoms with Gasteiger partial charge in [0.25, 0.3) is 0 Å². The summed E-state index contributed by atoms with van der Waals surface area (Å²) in [5.74, 6) is 0.848. The molecular weight excluding hydrogens is 292 g/mol. The SMILES string of the molecule is O=C(Cc1ccc(Br)cc1)NCCC1CCNC1. The molecule has 0 aromatic heterocycles. The lowest BCUT2D eigenvalue weighted by atomic mass is 10.1. The van der Waals surface area contributed by atoms with E-state index in [0.29, 0.717) is 6.42 Å². The first-order chi connectivity index (χ1) is 8.74. The first kappa shape index (κ1) is 13.6. The van der Waals surface area contributed by atoms with E-state index in [1.807, 2.05) is 24.3 Å². The van der Waals surface area contributed by atoms with E-state index in [0.717, 1.165) is 42.0 Å². The number of rotatable bonds is 5. The van der Waals surface area contributed by atoms with E-state index < -0.39 is 0 Å². The van der Waals surface area contributed by atoms with Crippen molar-refractivity contribution < 1.29 is 4.79 Å². The number of hydrogen-bond donors (Lipinski definition) is 2. The summed E-state index contributed by atoms with van der Waals surface area (Å²) in [6.07, 6.45) is 2.79. The van der Waals surface area contributed by atoms with Crippen LogP contribution in [0.15, 0.2) is 28.7 Å². The maximum absolute atomic E-state index is 11.7. The Morgan fingerprint density at radius 2 is 2.17 bits per heavy atom. The van der Waals surface area contributed by atoms with Crippen molar-refractivity contribution in [3.63, 3.8) is 0 Å². The molecule has 4 heteroatoms. The molecule has 1 unspecified atom stereocenters. The van der Waals surface area contributed by atoms with Crippen molar-refractivity contribution in [2.24, 2.45) is 5.92 Å². The van der Waals surface area contributed by atoms with E-state index in [4.69, 9.17) is 0 Å². The van der Waals surface area contributed by atoms with E-state index in [-0.39, 0.29) is 5.91 Å². The lowest BCUT2D eigenvalue weighted by Crippen LogP contribution is -2.27. The topological polar surface area (TPSA) is 41.1 Å². The fourth-order valence-electron chi connectivity index (χ4n) is 2.23. The van der Waals surface area contributed by atoms with Crippen molar-refractivity contribution in [1.82, 2.24) is 10.6 Å². The Kier molecular flexibility index (Phi) is 5.20. The van der Waals surface area contributed by atoms with Gasteiger partial charge < -0.3 is 10.6 Å². The Bertz CT molecular complexity index is 385. The predicted molar refractivity (Wildman–Crippen MR) is 76.4 cm³/mol. The average Bonchev–Trinajstić information content (AvgIpc) is 2.85. The zero-order chi connectivity index (χ0) is 12.8. The number of hydrogen-bond acceptors (Lipinski definition) is 2. The molecular formula is C14H19BrN2O. The van der Waals surface area contributed by atoms with Gasteiger partial charge >= 0.3 is 0 Å². The molecule has 1 aliphatic rings. The molecule has 1 fully saturated rings. The number of carbonyl (C=O) groups is 1. The fraction of sp³-hybridized carbons (Fsp3) is 0.500. The molecule has 0 spiro atoms. The molecule has 0 saturated carbocycles. The Hall–Kier alpha value is -0.870. The summed E-state index contributed by atoms with van der Waals surface area (Å²) in [5.41, 5.74) is 1.05. The van der Waals surface area contributed by atoms with Gasteiger partial charge in [0.1, 0.15) is 0 Å². The molecule has 1 aliphatic heterocycles. The minimum atomic E-state index is 0.114. The maximum Gasteiger partial charge on any atom is 0.224 e. The monoisotopic (exact) mass is 310 g/mol. The van der Waals surface area contributed by atoms with Gasteiger partial charge in [-0.15, -0.1) is 0 Å². The van der Waals surface area contributed by atoms with Crippen LogP contribution in [-0.2, 0) is 11.2 Å². The number of benzene rings is 1. The third-order valence-electron chi connectivity index (χ3n) is 3.32. The van der Waals surface area contributed by atoms with Crippen molar-refractivity contribution >= 4 is 21.8 Å². The first-order valence-corrected chi connectivity index (χ1v) is 7.25. The van der Waals surface area contributed by atoms with Crippen LogP contribution < -0.4 is 10.6 Å². The van der Waals surface area contributed by atoms with Crippen LogP contribution in [0.2, 0.25) is 0 Å². The van der Waals surface area contributed by atoms with Crippen molar-refractivity contribution in [3.8, 4) is 0 Å². The van der Waals surface area contributed by atoms with Gasteiger partial charge in [-0.05, 0) is 49.5 Å². The predicted octanol–water partition coefficient (Wildman–Crippen LogP) is 2.11. The summed E-state index contributed by atoms with van der Waals surface area (Å²) >= 11 is 3.38. The second-order valence-electron chi connectivity index (χ2n) is 4.80. The molecule has 0 bridgehead atoms. The maximum atomic E-state index is 11.7. The number of carbonyl (C=O) groups excluding carboxylic acids is 1. The Labute approximate surface area is 116 Å². The molecule has 2 rings (SSSR count). The number of halogens is 1. The van der Waals surface area contributed by atoms with E-state index in [2.05, 4.69) is 26.6 Å². The average molecular weight is 311 g/mol. The first-order valence-electron chi connectivity index (χ1n) is 6.46. The summed E-state index contributed by atoms with van der Waals surface area (Å²) < 4.78 is 1.04. The van der Waals surface area contributed by atoms with Crippen molar-refractivity contribution in [1.29, 1.82) is 0 Å². The lowest BCUT2D eigenvalue weighted by molar-refractivity contribution is -0.120. The minimum absolute atomic E-state index is 0.114. The second-order valence-corrected chi connectivity index (χ2v) is 5.72. The smallest absolute Gasteiger partial charge is 0.224 e. The molecule has 2 N–H and O–H groups in total. The van der Waals surface area contributed by atoms with Crippen LogP contribution in [0.3, 0.4) is 0 Å². The number of amides is 1.